The fourth-order valence-electron chi connectivity index (χ4n) is 2.26. The lowest BCUT2D eigenvalue weighted by molar-refractivity contribution is -0.0901. The van der Waals surface area contributed by atoms with Crippen molar-refractivity contribution in [2.75, 3.05) is 0 Å². The number of aromatic nitrogens is 3. The van der Waals surface area contributed by atoms with Crippen LogP contribution in [0.1, 0.15) is 33.7 Å². The van der Waals surface area contributed by atoms with Gasteiger partial charge in [-0.25, -0.2) is 18.3 Å². The molecule has 0 unspecified atom stereocenters. The largest absolute Gasteiger partial charge is 0.365 e. The van der Waals surface area contributed by atoms with E-state index in [0.717, 1.165) is 4.52 Å². The van der Waals surface area contributed by atoms with E-state index in [-0.39, 0.29) is 29.7 Å². The van der Waals surface area contributed by atoms with Crippen LogP contribution in [0.3, 0.4) is 0 Å². The molecule has 0 saturated heterocycles. The number of carbonyl (C=O) groups excluding carboxylic acids is 2. The predicted octanol–water partition coefficient (Wildman–Crippen LogP) is 0.356. The quantitative estimate of drug-likeness (QED) is 0.853. The maximum absolute atomic E-state index is 12.8. The summed E-state index contributed by atoms with van der Waals surface area (Å²) < 4.78 is 26.7. The molecule has 9 heteroatoms. The SMILES string of the molecule is NC(=O)c1cnn2c(C(=O)NC3CC(F)(F)C3)ccnc12. The molecule has 0 bridgehead atoms. The van der Waals surface area contributed by atoms with E-state index in [9.17, 15) is 18.4 Å². The zero-order valence-corrected chi connectivity index (χ0v) is 10.7. The minimum atomic E-state index is -2.71. The second-order valence-corrected chi connectivity index (χ2v) is 4.92. The van der Waals surface area contributed by atoms with Crippen molar-refractivity contribution in [1.82, 2.24) is 19.9 Å². The molecule has 1 fully saturated rings. The van der Waals surface area contributed by atoms with Gasteiger partial charge in [-0.2, -0.15) is 5.10 Å². The molecule has 2 heterocycles. The van der Waals surface area contributed by atoms with Gasteiger partial charge in [0, 0.05) is 25.1 Å². The van der Waals surface area contributed by atoms with Crippen LogP contribution in [0.2, 0.25) is 0 Å². The molecule has 2 amide bonds. The summed E-state index contributed by atoms with van der Waals surface area (Å²) in [6.07, 6.45) is 1.78. The molecular weight excluding hydrogens is 284 g/mol. The van der Waals surface area contributed by atoms with Crippen LogP contribution in [-0.2, 0) is 0 Å². The van der Waals surface area contributed by atoms with Gasteiger partial charge in [0.15, 0.2) is 5.65 Å². The highest BCUT2D eigenvalue weighted by Crippen LogP contribution is 2.37. The summed E-state index contributed by atoms with van der Waals surface area (Å²) in [6.45, 7) is 0. The fourth-order valence-corrected chi connectivity index (χ4v) is 2.26. The van der Waals surface area contributed by atoms with Gasteiger partial charge in [-0.1, -0.05) is 0 Å². The number of hydrogen-bond acceptors (Lipinski definition) is 4. The lowest BCUT2D eigenvalue weighted by Gasteiger charge is -2.35. The molecule has 2 aromatic heterocycles. The maximum Gasteiger partial charge on any atom is 0.270 e. The van der Waals surface area contributed by atoms with Crippen molar-refractivity contribution in [3.8, 4) is 0 Å². The number of amides is 2. The van der Waals surface area contributed by atoms with Gasteiger partial charge in [0.2, 0.25) is 0 Å². The Morgan fingerprint density at radius 1 is 1.43 bits per heavy atom. The van der Waals surface area contributed by atoms with Gasteiger partial charge in [0.05, 0.1) is 6.20 Å². The van der Waals surface area contributed by atoms with Gasteiger partial charge in [0.1, 0.15) is 11.3 Å². The average Bonchev–Trinajstić information content (AvgIpc) is 2.79. The molecular formula is C12H11F2N5O2. The van der Waals surface area contributed by atoms with E-state index in [2.05, 4.69) is 15.4 Å². The van der Waals surface area contributed by atoms with E-state index in [1.54, 1.807) is 0 Å². The molecule has 2 aromatic rings. The molecule has 0 radical (unpaired) electrons. The summed E-state index contributed by atoms with van der Waals surface area (Å²) in [5, 5.41) is 6.38. The van der Waals surface area contributed by atoms with Gasteiger partial charge >= 0.3 is 0 Å². The van der Waals surface area contributed by atoms with Gasteiger partial charge < -0.3 is 11.1 Å². The molecule has 7 nitrogen and oxygen atoms in total. The first-order chi connectivity index (χ1) is 9.87. The molecule has 3 N–H and O–H groups in total. The highest BCUT2D eigenvalue weighted by Gasteiger charge is 2.46. The Balaban J connectivity index is 1.87. The van der Waals surface area contributed by atoms with Crippen LogP contribution in [0, 0.1) is 0 Å². The van der Waals surface area contributed by atoms with E-state index in [4.69, 9.17) is 5.73 Å². The van der Waals surface area contributed by atoms with Crippen molar-refractivity contribution in [3.63, 3.8) is 0 Å². The summed E-state index contributed by atoms with van der Waals surface area (Å²) in [6, 6.07) is 0.818. The number of fused-ring (bicyclic) bond motifs is 1. The third-order valence-corrected chi connectivity index (χ3v) is 3.32. The van der Waals surface area contributed by atoms with Crippen LogP contribution in [0.15, 0.2) is 18.5 Å². The number of hydrogen-bond donors (Lipinski definition) is 2. The Morgan fingerprint density at radius 2 is 2.14 bits per heavy atom. The predicted molar refractivity (Wildman–Crippen MR) is 66.9 cm³/mol. The molecule has 1 saturated carbocycles. The van der Waals surface area contributed by atoms with Crippen molar-refractivity contribution >= 4 is 17.5 Å². The Hall–Kier alpha value is -2.58. The van der Waals surface area contributed by atoms with Crippen LogP contribution < -0.4 is 11.1 Å². The Bertz CT molecular complexity index is 734. The van der Waals surface area contributed by atoms with Crippen molar-refractivity contribution in [3.05, 3.63) is 29.7 Å². The van der Waals surface area contributed by atoms with Crippen molar-refractivity contribution in [1.29, 1.82) is 0 Å². The second-order valence-electron chi connectivity index (χ2n) is 4.92. The van der Waals surface area contributed by atoms with Crippen LogP contribution in [0.4, 0.5) is 8.78 Å². The first-order valence-electron chi connectivity index (χ1n) is 6.19. The molecule has 0 atom stereocenters. The summed E-state index contributed by atoms with van der Waals surface area (Å²) in [7, 11) is 0. The summed E-state index contributed by atoms with van der Waals surface area (Å²) in [5.41, 5.74) is 5.51. The second kappa shape index (κ2) is 4.47. The Kier molecular flexibility index (Phi) is 2.85. The van der Waals surface area contributed by atoms with Gasteiger partial charge in [-0.3, -0.25) is 9.59 Å². The number of nitrogens with zero attached hydrogens (tertiary/aromatic N) is 3. The third kappa shape index (κ3) is 2.30. The summed E-state index contributed by atoms with van der Waals surface area (Å²) in [4.78, 5) is 27.2. The number of nitrogens with one attached hydrogen (secondary N) is 1. The topological polar surface area (TPSA) is 102 Å². The van der Waals surface area contributed by atoms with E-state index in [0.29, 0.717) is 0 Å². The zero-order valence-electron chi connectivity index (χ0n) is 10.7. The minimum Gasteiger partial charge on any atom is -0.365 e. The number of primary amides is 1. The van der Waals surface area contributed by atoms with Crippen molar-refractivity contribution in [2.45, 2.75) is 24.8 Å². The lowest BCUT2D eigenvalue weighted by atomic mass is 9.88. The highest BCUT2D eigenvalue weighted by molar-refractivity contribution is 5.99. The van der Waals surface area contributed by atoms with Gasteiger partial charge in [0.25, 0.3) is 17.7 Å². The number of alkyl halides is 2. The minimum absolute atomic E-state index is 0.0832. The van der Waals surface area contributed by atoms with Crippen LogP contribution in [0.25, 0.3) is 5.65 Å². The molecule has 3 rings (SSSR count). The Morgan fingerprint density at radius 3 is 2.76 bits per heavy atom. The van der Waals surface area contributed by atoms with Crippen molar-refractivity contribution in [2.24, 2.45) is 5.73 Å². The number of carbonyl (C=O) groups is 2. The monoisotopic (exact) mass is 295 g/mol. The first kappa shape index (κ1) is 13.4. The Labute approximate surface area is 117 Å². The molecule has 0 aromatic carbocycles. The summed E-state index contributed by atoms with van der Waals surface area (Å²) in [5.74, 6) is -3.98. The van der Waals surface area contributed by atoms with E-state index < -0.39 is 23.8 Å². The fraction of sp³-hybridized carbons (Fsp3) is 0.333. The third-order valence-electron chi connectivity index (χ3n) is 3.32. The number of nitrogens with two attached hydrogens (primary N) is 1. The van der Waals surface area contributed by atoms with E-state index >= 15 is 0 Å². The lowest BCUT2D eigenvalue weighted by Crippen LogP contribution is -2.50. The number of halogens is 2. The van der Waals surface area contributed by atoms with E-state index in [1.807, 2.05) is 0 Å². The maximum atomic E-state index is 12.8. The van der Waals surface area contributed by atoms with Gasteiger partial charge in [-0.15, -0.1) is 0 Å². The van der Waals surface area contributed by atoms with E-state index in [1.165, 1.54) is 18.5 Å². The molecule has 21 heavy (non-hydrogen) atoms. The smallest absolute Gasteiger partial charge is 0.270 e. The molecule has 1 aliphatic rings. The summed E-state index contributed by atoms with van der Waals surface area (Å²) >= 11 is 0. The molecule has 0 spiro atoms. The molecule has 0 aliphatic heterocycles. The van der Waals surface area contributed by atoms with Gasteiger partial charge in [-0.05, 0) is 6.07 Å². The number of rotatable bonds is 3. The highest BCUT2D eigenvalue weighted by atomic mass is 19.3. The van der Waals surface area contributed by atoms with Crippen LogP contribution in [-0.4, -0.2) is 38.4 Å². The molecule has 1 aliphatic carbocycles. The molecule has 110 valence electrons. The van der Waals surface area contributed by atoms with Crippen molar-refractivity contribution < 1.29 is 18.4 Å². The normalized spacial score (nSPS) is 17.4. The van der Waals surface area contributed by atoms with Crippen LogP contribution in [0.5, 0.6) is 0 Å². The average molecular weight is 295 g/mol. The first-order valence-corrected chi connectivity index (χ1v) is 6.19. The zero-order chi connectivity index (χ0) is 15.2. The van der Waals surface area contributed by atoms with Crippen LogP contribution >= 0.6 is 0 Å². The standard InChI is InChI=1S/C12H11F2N5O2/c13-12(14)3-6(4-12)18-11(21)8-1-2-16-10-7(9(15)20)5-17-19(8)10/h1-2,5-6H,3-4H2,(H2,15,20)(H,18,21).